The van der Waals surface area contributed by atoms with Gasteiger partial charge in [0.25, 0.3) is 5.91 Å². The lowest BCUT2D eigenvalue weighted by Crippen LogP contribution is -2.30. The molecule has 17 heavy (non-hydrogen) atoms. The Kier molecular flexibility index (Phi) is 4.05. The third kappa shape index (κ3) is 3.18. The van der Waals surface area contributed by atoms with Gasteiger partial charge in [-0.15, -0.1) is 0 Å². The van der Waals surface area contributed by atoms with E-state index in [1.54, 1.807) is 5.48 Å². The summed E-state index contributed by atoms with van der Waals surface area (Å²) in [4.78, 5) is 25.7. The minimum absolute atomic E-state index is 0.585. The van der Waals surface area contributed by atoms with E-state index in [-0.39, 0.29) is 0 Å². The zero-order valence-corrected chi connectivity index (χ0v) is 8.30. The number of nitrogens with one attached hydrogen (secondary N) is 1. The fourth-order valence-corrected chi connectivity index (χ4v) is 0.929. The van der Waals surface area contributed by atoms with Crippen molar-refractivity contribution in [3.63, 3.8) is 0 Å². The molecule has 8 heteroatoms. The Bertz CT molecular complexity index is 465. The van der Waals surface area contributed by atoms with Crippen molar-refractivity contribution in [2.45, 2.75) is 0 Å². The van der Waals surface area contributed by atoms with Gasteiger partial charge in [0, 0.05) is 0 Å². The predicted molar refractivity (Wildman–Crippen MR) is 48.9 cm³/mol. The molecule has 0 aromatic heterocycles. The molecule has 0 bridgehead atoms. The Morgan fingerprint density at radius 1 is 1.24 bits per heavy atom. The first-order valence-electron chi connectivity index (χ1n) is 4.27. The number of amides is 2. The molecule has 0 aliphatic heterocycles. The van der Waals surface area contributed by atoms with Crippen LogP contribution in [0.15, 0.2) is 12.1 Å². The molecule has 1 rings (SSSR count). The van der Waals surface area contributed by atoms with E-state index in [2.05, 4.69) is 4.84 Å². The van der Waals surface area contributed by atoms with Gasteiger partial charge >= 0.3 is 0 Å². The van der Waals surface area contributed by atoms with Crippen LogP contribution in [0.4, 0.5) is 13.2 Å². The average molecular weight is 248 g/mol. The second-order valence-electron chi connectivity index (χ2n) is 2.91. The van der Waals surface area contributed by atoms with Crippen molar-refractivity contribution in [2.24, 2.45) is 5.73 Å². The Labute approximate surface area is 93.3 Å². The zero-order chi connectivity index (χ0) is 13.0. The fraction of sp³-hybridized carbons (Fsp3) is 0.111. The van der Waals surface area contributed by atoms with Gasteiger partial charge in [-0.1, -0.05) is 0 Å². The predicted octanol–water partition coefficient (Wildman–Crippen LogP) is 0.251. The number of benzene rings is 1. The summed E-state index contributed by atoms with van der Waals surface area (Å²) in [5.74, 6) is -6.87. The number of nitrogens with two attached hydrogens (primary N) is 1. The monoisotopic (exact) mass is 248 g/mol. The van der Waals surface area contributed by atoms with Crippen molar-refractivity contribution in [2.75, 3.05) is 6.61 Å². The normalized spacial score (nSPS) is 10.1. The molecule has 5 nitrogen and oxygen atoms in total. The first kappa shape index (κ1) is 13.0. The van der Waals surface area contributed by atoms with Gasteiger partial charge in [-0.05, 0) is 12.1 Å². The largest absolute Gasteiger partial charge is 0.368 e. The van der Waals surface area contributed by atoms with Crippen LogP contribution in [0.5, 0.6) is 0 Å². The van der Waals surface area contributed by atoms with Gasteiger partial charge in [0.1, 0.15) is 0 Å². The van der Waals surface area contributed by atoms with Crippen LogP contribution >= 0.6 is 0 Å². The summed E-state index contributed by atoms with van der Waals surface area (Å²) in [6, 6.07) is 1.32. The Hall–Kier alpha value is -2.09. The lowest BCUT2D eigenvalue weighted by molar-refractivity contribution is -0.124. The van der Waals surface area contributed by atoms with Gasteiger partial charge in [-0.3, -0.25) is 14.4 Å². The van der Waals surface area contributed by atoms with Gasteiger partial charge in [0.05, 0.1) is 5.56 Å². The van der Waals surface area contributed by atoms with Crippen molar-refractivity contribution in [1.82, 2.24) is 5.48 Å². The van der Waals surface area contributed by atoms with E-state index < -0.39 is 41.4 Å². The maximum atomic E-state index is 13.1. The van der Waals surface area contributed by atoms with Crippen LogP contribution in [-0.4, -0.2) is 18.4 Å². The number of carbonyl (C=O) groups is 2. The average Bonchev–Trinajstić information content (AvgIpc) is 2.25. The molecule has 0 spiro atoms. The van der Waals surface area contributed by atoms with E-state index in [9.17, 15) is 22.8 Å². The zero-order valence-electron chi connectivity index (χ0n) is 8.30. The first-order chi connectivity index (χ1) is 7.93. The molecular formula is C9H7F3N2O3. The van der Waals surface area contributed by atoms with Crippen LogP contribution in [0.3, 0.4) is 0 Å². The molecule has 1 aromatic carbocycles. The standard InChI is InChI=1S/C9H7F3N2O3/c10-5-2-1-4(7(11)8(5)12)9(16)14-17-3-6(13)15/h1-2H,3H2,(H2,13,15)(H,14,16). The SMILES string of the molecule is NC(=O)CONC(=O)c1ccc(F)c(F)c1F. The molecule has 1 aromatic rings. The smallest absolute Gasteiger partial charge is 0.277 e. The minimum Gasteiger partial charge on any atom is -0.368 e. The summed E-state index contributed by atoms with van der Waals surface area (Å²) >= 11 is 0. The minimum atomic E-state index is -1.77. The van der Waals surface area contributed by atoms with E-state index in [0.29, 0.717) is 6.07 Å². The summed E-state index contributed by atoms with van der Waals surface area (Å²) in [6.07, 6.45) is 0. The maximum absolute atomic E-state index is 13.1. The van der Waals surface area contributed by atoms with Crippen LogP contribution in [0, 0.1) is 17.5 Å². The summed E-state index contributed by atoms with van der Waals surface area (Å²) < 4.78 is 38.4. The number of primary amides is 1. The van der Waals surface area contributed by atoms with Crippen LogP contribution in [0.1, 0.15) is 10.4 Å². The molecule has 92 valence electrons. The summed E-state index contributed by atoms with van der Waals surface area (Å²) in [7, 11) is 0. The molecule has 0 saturated carbocycles. The molecule has 0 unspecified atom stereocenters. The van der Waals surface area contributed by atoms with Gasteiger partial charge in [-0.25, -0.2) is 18.7 Å². The topological polar surface area (TPSA) is 81.4 Å². The quantitative estimate of drug-likeness (QED) is 0.592. The van der Waals surface area contributed by atoms with Crippen molar-refractivity contribution in [3.05, 3.63) is 35.1 Å². The molecule has 0 saturated heterocycles. The highest BCUT2D eigenvalue weighted by Crippen LogP contribution is 2.14. The summed E-state index contributed by atoms with van der Waals surface area (Å²) in [5.41, 5.74) is 5.59. The number of rotatable bonds is 4. The number of halogens is 3. The molecule has 0 aliphatic carbocycles. The first-order valence-corrected chi connectivity index (χ1v) is 4.27. The number of carbonyl (C=O) groups excluding carboxylic acids is 2. The molecule has 0 heterocycles. The Morgan fingerprint density at radius 3 is 2.47 bits per heavy atom. The van der Waals surface area contributed by atoms with Crippen LogP contribution in [0.2, 0.25) is 0 Å². The number of hydrogen-bond acceptors (Lipinski definition) is 3. The highest BCUT2D eigenvalue weighted by molar-refractivity contribution is 5.93. The summed E-state index contributed by atoms with van der Waals surface area (Å²) in [6.45, 7) is -0.628. The number of hydroxylamine groups is 1. The second kappa shape index (κ2) is 5.30. The van der Waals surface area contributed by atoms with E-state index in [1.165, 1.54) is 0 Å². The van der Waals surface area contributed by atoms with Gasteiger partial charge in [0.15, 0.2) is 24.1 Å². The maximum Gasteiger partial charge on any atom is 0.277 e. The second-order valence-corrected chi connectivity index (χ2v) is 2.91. The Balaban J connectivity index is 2.76. The summed E-state index contributed by atoms with van der Waals surface area (Å²) in [5, 5.41) is 0. The molecule has 0 aliphatic rings. The van der Waals surface area contributed by atoms with Gasteiger partial charge in [-0.2, -0.15) is 0 Å². The Morgan fingerprint density at radius 2 is 1.88 bits per heavy atom. The van der Waals surface area contributed by atoms with E-state index in [0.717, 1.165) is 6.07 Å². The van der Waals surface area contributed by atoms with Crippen LogP contribution < -0.4 is 11.2 Å². The van der Waals surface area contributed by atoms with Crippen LogP contribution in [-0.2, 0) is 9.63 Å². The molecule has 0 atom stereocenters. The van der Waals surface area contributed by atoms with Gasteiger partial charge < -0.3 is 5.73 Å². The van der Waals surface area contributed by atoms with Crippen molar-refractivity contribution in [1.29, 1.82) is 0 Å². The van der Waals surface area contributed by atoms with Gasteiger partial charge in [0.2, 0.25) is 5.91 Å². The van der Waals surface area contributed by atoms with E-state index >= 15 is 0 Å². The lowest BCUT2D eigenvalue weighted by atomic mass is 10.2. The van der Waals surface area contributed by atoms with Crippen molar-refractivity contribution in [3.8, 4) is 0 Å². The van der Waals surface area contributed by atoms with E-state index in [1.807, 2.05) is 0 Å². The van der Waals surface area contributed by atoms with E-state index in [4.69, 9.17) is 5.73 Å². The molecule has 0 fully saturated rings. The fourth-order valence-electron chi connectivity index (χ4n) is 0.929. The molecular weight excluding hydrogens is 241 g/mol. The van der Waals surface area contributed by atoms with Crippen molar-refractivity contribution >= 4 is 11.8 Å². The highest BCUT2D eigenvalue weighted by atomic mass is 19.2. The molecule has 0 radical (unpaired) electrons. The highest BCUT2D eigenvalue weighted by Gasteiger charge is 2.18. The third-order valence-electron chi connectivity index (χ3n) is 1.66. The third-order valence-corrected chi connectivity index (χ3v) is 1.66. The van der Waals surface area contributed by atoms with Crippen LogP contribution in [0.25, 0.3) is 0 Å². The molecule has 2 amide bonds. The lowest BCUT2D eigenvalue weighted by Gasteiger charge is -2.05. The molecule has 3 N–H and O–H groups in total. The number of hydrogen-bond donors (Lipinski definition) is 2. The van der Waals surface area contributed by atoms with Crippen molar-refractivity contribution < 1.29 is 27.6 Å².